The van der Waals surface area contributed by atoms with Crippen molar-refractivity contribution in [2.24, 2.45) is 0 Å². The lowest BCUT2D eigenvalue weighted by molar-refractivity contribution is 0.0996. The number of carbonyl (C=O) groups excluding carboxylic acids is 1. The fourth-order valence-corrected chi connectivity index (χ4v) is 1.53. The Morgan fingerprint density at radius 3 is 2.00 bits per heavy atom. The maximum Gasteiger partial charge on any atom is 0.176 e. The van der Waals surface area contributed by atoms with Gasteiger partial charge in [0.05, 0.1) is 4.83 Å². The zero-order chi connectivity index (χ0) is 10.7. The molecule has 0 aromatic heterocycles. The van der Waals surface area contributed by atoms with Crippen molar-refractivity contribution in [1.29, 1.82) is 0 Å². The van der Waals surface area contributed by atoms with Gasteiger partial charge >= 0.3 is 0 Å². The lowest BCUT2D eigenvalue weighted by atomic mass is 10.00. The summed E-state index contributed by atoms with van der Waals surface area (Å²) in [5.41, 5.74) is 2.04. The first kappa shape index (κ1) is 11.4. The van der Waals surface area contributed by atoms with Gasteiger partial charge in [0.25, 0.3) is 0 Å². The number of hydrogen-bond acceptors (Lipinski definition) is 1. The summed E-state index contributed by atoms with van der Waals surface area (Å²) < 4.78 is 0. The highest BCUT2D eigenvalue weighted by Crippen LogP contribution is 2.16. The van der Waals surface area contributed by atoms with Crippen LogP contribution < -0.4 is 0 Å². The van der Waals surface area contributed by atoms with E-state index in [2.05, 4.69) is 29.8 Å². The van der Waals surface area contributed by atoms with Crippen LogP contribution >= 0.6 is 15.9 Å². The molecular formula is C12H15BrO. The highest BCUT2D eigenvalue weighted by molar-refractivity contribution is 9.10. The first-order valence-corrected chi connectivity index (χ1v) is 5.72. The van der Waals surface area contributed by atoms with Crippen molar-refractivity contribution >= 4 is 21.7 Å². The lowest BCUT2D eigenvalue weighted by Gasteiger charge is -2.07. The molecule has 0 saturated heterocycles. The molecule has 0 bridgehead atoms. The van der Waals surface area contributed by atoms with Gasteiger partial charge in [0.1, 0.15) is 0 Å². The highest BCUT2D eigenvalue weighted by atomic mass is 79.9. The molecule has 1 atom stereocenters. The van der Waals surface area contributed by atoms with Crippen molar-refractivity contribution in [3.05, 3.63) is 35.4 Å². The first-order chi connectivity index (χ1) is 6.52. The predicted molar refractivity (Wildman–Crippen MR) is 63.3 cm³/mol. The van der Waals surface area contributed by atoms with Gasteiger partial charge < -0.3 is 0 Å². The summed E-state index contributed by atoms with van der Waals surface area (Å²) in [6, 6.07) is 7.84. The average molecular weight is 255 g/mol. The molecule has 1 aromatic carbocycles. The van der Waals surface area contributed by atoms with E-state index in [0.29, 0.717) is 5.92 Å². The molecule has 0 N–H and O–H groups in total. The van der Waals surface area contributed by atoms with Crippen LogP contribution in [0.3, 0.4) is 0 Å². The maximum absolute atomic E-state index is 11.6. The van der Waals surface area contributed by atoms with Gasteiger partial charge in [0, 0.05) is 5.56 Å². The van der Waals surface area contributed by atoms with E-state index in [-0.39, 0.29) is 10.6 Å². The molecule has 0 aliphatic carbocycles. The second-order valence-electron chi connectivity index (χ2n) is 3.76. The maximum atomic E-state index is 11.6. The normalized spacial score (nSPS) is 12.9. The summed E-state index contributed by atoms with van der Waals surface area (Å²) in [5.74, 6) is 0.654. The molecule has 0 amide bonds. The Bertz CT molecular complexity index is 312. The minimum absolute atomic E-state index is 0.104. The number of halogens is 1. The van der Waals surface area contributed by atoms with Crippen molar-refractivity contribution in [2.75, 3.05) is 0 Å². The van der Waals surface area contributed by atoms with Crippen LogP contribution in [0.4, 0.5) is 0 Å². The Morgan fingerprint density at radius 1 is 1.14 bits per heavy atom. The topological polar surface area (TPSA) is 17.1 Å². The Morgan fingerprint density at radius 2 is 1.64 bits per heavy atom. The minimum Gasteiger partial charge on any atom is -0.293 e. The van der Waals surface area contributed by atoms with Crippen LogP contribution in [0.1, 0.15) is 42.6 Å². The minimum atomic E-state index is -0.104. The smallest absolute Gasteiger partial charge is 0.176 e. The second kappa shape index (κ2) is 4.74. The summed E-state index contributed by atoms with van der Waals surface area (Å²) >= 11 is 3.27. The van der Waals surface area contributed by atoms with E-state index in [1.807, 2.05) is 31.2 Å². The molecule has 0 aliphatic heterocycles. The third kappa shape index (κ3) is 2.68. The van der Waals surface area contributed by atoms with E-state index in [0.717, 1.165) is 5.56 Å². The highest BCUT2D eigenvalue weighted by Gasteiger charge is 2.11. The van der Waals surface area contributed by atoms with Crippen molar-refractivity contribution in [1.82, 2.24) is 0 Å². The zero-order valence-electron chi connectivity index (χ0n) is 8.75. The zero-order valence-corrected chi connectivity index (χ0v) is 10.3. The molecule has 0 heterocycles. The van der Waals surface area contributed by atoms with Gasteiger partial charge in [-0.2, -0.15) is 0 Å². The van der Waals surface area contributed by atoms with Crippen LogP contribution in [0.15, 0.2) is 24.3 Å². The molecule has 14 heavy (non-hydrogen) atoms. The Kier molecular flexibility index (Phi) is 3.87. The fraction of sp³-hybridized carbons (Fsp3) is 0.417. The van der Waals surface area contributed by atoms with E-state index < -0.39 is 0 Å². The van der Waals surface area contributed by atoms with Crippen LogP contribution in [0, 0.1) is 0 Å². The van der Waals surface area contributed by atoms with Crippen LogP contribution in [0.5, 0.6) is 0 Å². The van der Waals surface area contributed by atoms with Crippen LogP contribution in [0.25, 0.3) is 0 Å². The van der Waals surface area contributed by atoms with Crippen molar-refractivity contribution in [3.63, 3.8) is 0 Å². The first-order valence-electron chi connectivity index (χ1n) is 4.80. The fourth-order valence-electron chi connectivity index (χ4n) is 1.26. The van der Waals surface area contributed by atoms with Gasteiger partial charge in [0.15, 0.2) is 5.78 Å². The third-order valence-corrected chi connectivity index (χ3v) is 2.64. The Hall–Kier alpha value is -0.630. The molecule has 0 fully saturated rings. The van der Waals surface area contributed by atoms with Crippen molar-refractivity contribution < 1.29 is 4.79 Å². The quantitative estimate of drug-likeness (QED) is 0.593. The largest absolute Gasteiger partial charge is 0.293 e. The van der Waals surface area contributed by atoms with Gasteiger partial charge in [-0.25, -0.2) is 0 Å². The number of benzene rings is 1. The van der Waals surface area contributed by atoms with Gasteiger partial charge in [-0.05, 0) is 18.4 Å². The number of carbonyl (C=O) groups is 1. The van der Waals surface area contributed by atoms with Crippen molar-refractivity contribution in [3.8, 4) is 0 Å². The van der Waals surface area contributed by atoms with Crippen LogP contribution in [0.2, 0.25) is 0 Å². The molecule has 0 aliphatic rings. The van der Waals surface area contributed by atoms with Crippen molar-refractivity contribution in [2.45, 2.75) is 31.5 Å². The molecule has 1 unspecified atom stereocenters. The SMILES string of the molecule is CC(Br)C(=O)c1ccc(C(C)C)cc1. The van der Waals surface area contributed by atoms with Gasteiger partial charge in [-0.3, -0.25) is 4.79 Å². The molecule has 0 spiro atoms. The van der Waals surface area contributed by atoms with Gasteiger partial charge in [-0.1, -0.05) is 54.0 Å². The number of ketones is 1. The van der Waals surface area contributed by atoms with E-state index in [9.17, 15) is 4.79 Å². The Balaban J connectivity index is 2.89. The molecule has 1 aromatic rings. The average Bonchev–Trinajstić information content (AvgIpc) is 2.16. The van der Waals surface area contributed by atoms with E-state index in [4.69, 9.17) is 0 Å². The molecule has 0 saturated carbocycles. The van der Waals surface area contributed by atoms with E-state index >= 15 is 0 Å². The van der Waals surface area contributed by atoms with Gasteiger partial charge in [0.2, 0.25) is 0 Å². The monoisotopic (exact) mass is 254 g/mol. The summed E-state index contributed by atoms with van der Waals surface area (Å²) in [6.07, 6.45) is 0. The van der Waals surface area contributed by atoms with Crippen LogP contribution in [-0.4, -0.2) is 10.6 Å². The van der Waals surface area contributed by atoms with E-state index in [1.54, 1.807) is 0 Å². The number of rotatable bonds is 3. The summed E-state index contributed by atoms with van der Waals surface area (Å²) in [5, 5.41) is 0. The summed E-state index contributed by atoms with van der Waals surface area (Å²) in [4.78, 5) is 11.5. The molecule has 0 radical (unpaired) electrons. The third-order valence-electron chi connectivity index (χ3n) is 2.22. The molecular weight excluding hydrogens is 240 g/mol. The van der Waals surface area contributed by atoms with E-state index in [1.165, 1.54) is 5.56 Å². The number of hydrogen-bond donors (Lipinski definition) is 0. The summed E-state index contributed by atoms with van der Waals surface area (Å²) in [7, 11) is 0. The standard InChI is InChI=1S/C12H15BrO/c1-8(2)10-4-6-11(7-5-10)12(14)9(3)13/h4-9H,1-3H3. The molecule has 1 nitrogen and oxygen atoms in total. The number of Topliss-reactive ketones (excluding diaryl/α,β-unsaturated/α-hetero) is 1. The number of alkyl halides is 1. The predicted octanol–water partition coefficient (Wildman–Crippen LogP) is 3.78. The molecule has 2 heteroatoms. The lowest BCUT2D eigenvalue weighted by Crippen LogP contribution is -2.09. The molecule has 1 rings (SSSR count). The van der Waals surface area contributed by atoms with Crippen LogP contribution in [-0.2, 0) is 0 Å². The summed E-state index contributed by atoms with van der Waals surface area (Å²) in [6.45, 7) is 6.13. The van der Waals surface area contributed by atoms with Gasteiger partial charge in [-0.15, -0.1) is 0 Å². The Labute approximate surface area is 93.7 Å². The molecule has 76 valence electrons. The second-order valence-corrected chi connectivity index (χ2v) is 5.13.